The van der Waals surface area contributed by atoms with Crippen molar-refractivity contribution < 1.29 is 0 Å². The number of aromatic amines is 2. The van der Waals surface area contributed by atoms with Crippen LogP contribution in [0.25, 0.3) is 32.9 Å². The summed E-state index contributed by atoms with van der Waals surface area (Å²) in [6.45, 7) is 6.41. The van der Waals surface area contributed by atoms with Crippen LogP contribution in [0.15, 0.2) is 42.5 Å². The molecule has 4 aromatic rings. The van der Waals surface area contributed by atoms with Crippen molar-refractivity contribution in [3.63, 3.8) is 0 Å². The van der Waals surface area contributed by atoms with E-state index in [0.717, 1.165) is 0 Å². The first-order valence-corrected chi connectivity index (χ1v) is 7.31. The summed E-state index contributed by atoms with van der Waals surface area (Å²) in [6.07, 6.45) is 0. The number of benzene rings is 2. The molecular weight excluding hydrogens is 256 g/mol. The Morgan fingerprint density at radius 3 is 2.43 bits per heavy atom. The van der Waals surface area contributed by atoms with Crippen LogP contribution < -0.4 is 0 Å². The van der Waals surface area contributed by atoms with Gasteiger partial charge in [-0.2, -0.15) is 0 Å². The number of nitrogens with one attached hydrogen (secondary N) is 2. The number of aryl methyl sites for hydroxylation is 3. The highest BCUT2D eigenvalue weighted by atomic mass is 14.7. The molecule has 0 bridgehead atoms. The second-order valence-corrected chi connectivity index (χ2v) is 5.85. The highest BCUT2D eigenvalue weighted by molar-refractivity contribution is 5.98. The summed E-state index contributed by atoms with van der Waals surface area (Å²) in [4.78, 5) is 6.86. The van der Waals surface area contributed by atoms with Gasteiger partial charge in [-0.15, -0.1) is 0 Å². The highest BCUT2D eigenvalue weighted by Crippen LogP contribution is 2.32. The maximum absolute atomic E-state index is 3.44. The van der Waals surface area contributed by atoms with Crippen molar-refractivity contribution in [2.45, 2.75) is 20.8 Å². The van der Waals surface area contributed by atoms with Crippen LogP contribution in [0.1, 0.15) is 17.0 Å². The van der Waals surface area contributed by atoms with Gasteiger partial charge in [0.2, 0.25) is 0 Å². The molecule has 0 saturated heterocycles. The van der Waals surface area contributed by atoms with E-state index in [1.54, 1.807) is 0 Å². The van der Waals surface area contributed by atoms with E-state index in [-0.39, 0.29) is 0 Å². The van der Waals surface area contributed by atoms with Gasteiger partial charge in [-0.25, -0.2) is 0 Å². The Balaban J connectivity index is 2.01. The Morgan fingerprint density at radius 2 is 1.57 bits per heavy atom. The second-order valence-electron chi connectivity index (χ2n) is 5.85. The van der Waals surface area contributed by atoms with Gasteiger partial charge in [0.15, 0.2) is 0 Å². The lowest BCUT2D eigenvalue weighted by atomic mass is 9.99. The number of fused-ring (bicyclic) bond motifs is 2. The maximum atomic E-state index is 3.44. The van der Waals surface area contributed by atoms with Crippen LogP contribution in [0.2, 0.25) is 0 Å². The lowest BCUT2D eigenvalue weighted by Crippen LogP contribution is -1.80. The molecule has 2 heteroatoms. The van der Waals surface area contributed by atoms with Crippen molar-refractivity contribution in [1.29, 1.82) is 0 Å². The van der Waals surface area contributed by atoms with Crippen molar-refractivity contribution >= 4 is 21.8 Å². The molecule has 0 aliphatic heterocycles. The highest BCUT2D eigenvalue weighted by Gasteiger charge is 2.09. The quantitative estimate of drug-likeness (QED) is 0.475. The minimum atomic E-state index is 1.20. The molecule has 0 amide bonds. The molecule has 0 fully saturated rings. The largest absolute Gasteiger partial charge is 0.359 e. The molecule has 4 rings (SSSR count). The molecule has 2 aromatic heterocycles. The van der Waals surface area contributed by atoms with Gasteiger partial charge in [-0.05, 0) is 61.7 Å². The summed E-state index contributed by atoms with van der Waals surface area (Å²) >= 11 is 0. The monoisotopic (exact) mass is 274 g/mol. The third-order valence-corrected chi connectivity index (χ3v) is 4.42. The molecule has 2 N–H and O–H groups in total. The molecule has 0 atom stereocenters. The van der Waals surface area contributed by atoms with Gasteiger partial charge in [0, 0.05) is 33.2 Å². The Hall–Kier alpha value is -2.48. The number of hydrogen-bond donors (Lipinski definition) is 2. The number of rotatable bonds is 1. The smallest absolute Gasteiger partial charge is 0.0462 e. The summed E-state index contributed by atoms with van der Waals surface area (Å²) < 4.78 is 0. The lowest BCUT2D eigenvalue weighted by molar-refractivity contribution is 1.25. The SMILES string of the molecule is Cc1cc2c(-c3ccc4[nH]c(C)c(C)c4c3)cccc2[nH]1. The Morgan fingerprint density at radius 1 is 0.762 bits per heavy atom. The topological polar surface area (TPSA) is 31.6 Å². The summed E-state index contributed by atoms with van der Waals surface area (Å²) in [5, 5.41) is 2.61. The minimum absolute atomic E-state index is 1.20. The van der Waals surface area contributed by atoms with E-state index >= 15 is 0 Å². The van der Waals surface area contributed by atoms with Gasteiger partial charge in [0.1, 0.15) is 0 Å². The predicted molar refractivity (Wildman–Crippen MR) is 89.8 cm³/mol. The van der Waals surface area contributed by atoms with Crippen molar-refractivity contribution in [2.24, 2.45) is 0 Å². The average Bonchev–Trinajstić information content (AvgIpc) is 2.98. The van der Waals surface area contributed by atoms with Gasteiger partial charge in [0.05, 0.1) is 0 Å². The molecule has 21 heavy (non-hydrogen) atoms. The summed E-state index contributed by atoms with van der Waals surface area (Å²) in [6, 6.07) is 15.4. The zero-order chi connectivity index (χ0) is 14.6. The molecule has 0 saturated carbocycles. The Labute approximate surface area is 123 Å². The van der Waals surface area contributed by atoms with Crippen LogP contribution >= 0.6 is 0 Å². The zero-order valence-electron chi connectivity index (χ0n) is 12.5. The third-order valence-electron chi connectivity index (χ3n) is 4.42. The van der Waals surface area contributed by atoms with Crippen molar-refractivity contribution in [3.05, 3.63) is 59.4 Å². The van der Waals surface area contributed by atoms with Crippen molar-refractivity contribution in [2.75, 3.05) is 0 Å². The van der Waals surface area contributed by atoms with Gasteiger partial charge in [0.25, 0.3) is 0 Å². The van der Waals surface area contributed by atoms with E-state index in [9.17, 15) is 0 Å². The normalized spacial score (nSPS) is 11.6. The summed E-state index contributed by atoms with van der Waals surface area (Å²) in [5.74, 6) is 0. The molecule has 0 spiro atoms. The van der Waals surface area contributed by atoms with Crippen molar-refractivity contribution in [3.8, 4) is 11.1 Å². The zero-order valence-corrected chi connectivity index (χ0v) is 12.5. The molecular formula is C19H18N2. The van der Waals surface area contributed by atoms with E-state index in [1.165, 1.54) is 49.9 Å². The van der Waals surface area contributed by atoms with Crippen LogP contribution in [0, 0.1) is 20.8 Å². The number of H-pyrrole nitrogens is 2. The molecule has 2 heterocycles. The van der Waals surface area contributed by atoms with Crippen LogP contribution in [0.5, 0.6) is 0 Å². The number of aromatic nitrogens is 2. The lowest BCUT2D eigenvalue weighted by Gasteiger charge is -2.04. The van der Waals surface area contributed by atoms with Crippen molar-refractivity contribution in [1.82, 2.24) is 9.97 Å². The molecule has 0 aliphatic rings. The van der Waals surface area contributed by atoms with E-state index in [2.05, 4.69) is 73.2 Å². The molecule has 0 radical (unpaired) electrons. The van der Waals surface area contributed by atoms with Gasteiger partial charge >= 0.3 is 0 Å². The fourth-order valence-corrected chi connectivity index (χ4v) is 3.18. The first kappa shape index (κ1) is 12.3. The first-order valence-electron chi connectivity index (χ1n) is 7.31. The fourth-order valence-electron chi connectivity index (χ4n) is 3.18. The summed E-state index contributed by atoms with van der Waals surface area (Å²) in [7, 11) is 0. The first-order chi connectivity index (χ1) is 10.1. The van der Waals surface area contributed by atoms with Gasteiger partial charge in [-0.3, -0.25) is 0 Å². The fraction of sp³-hybridized carbons (Fsp3) is 0.158. The van der Waals surface area contributed by atoms with E-state index in [0.29, 0.717) is 0 Å². The van der Waals surface area contributed by atoms with Crippen LogP contribution in [0.3, 0.4) is 0 Å². The third kappa shape index (κ3) is 1.79. The maximum Gasteiger partial charge on any atom is 0.0462 e. The van der Waals surface area contributed by atoms with E-state index in [4.69, 9.17) is 0 Å². The second kappa shape index (κ2) is 4.26. The predicted octanol–water partition coefficient (Wildman–Crippen LogP) is 5.24. The molecule has 0 unspecified atom stereocenters. The molecule has 2 nitrogen and oxygen atoms in total. The molecule has 2 aromatic carbocycles. The Kier molecular flexibility index (Phi) is 2.49. The van der Waals surface area contributed by atoms with Crippen LogP contribution in [0.4, 0.5) is 0 Å². The van der Waals surface area contributed by atoms with E-state index in [1.807, 2.05) is 0 Å². The average molecular weight is 274 g/mol. The Bertz CT molecular complexity index is 970. The van der Waals surface area contributed by atoms with Crippen LogP contribution in [-0.4, -0.2) is 9.97 Å². The van der Waals surface area contributed by atoms with E-state index < -0.39 is 0 Å². The van der Waals surface area contributed by atoms with Gasteiger partial charge in [-0.1, -0.05) is 18.2 Å². The molecule has 0 aliphatic carbocycles. The van der Waals surface area contributed by atoms with Crippen LogP contribution in [-0.2, 0) is 0 Å². The minimum Gasteiger partial charge on any atom is -0.359 e. The standard InChI is InChI=1S/C19H18N2/c1-11-9-17-15(5-4-6-18(17)20-11)14-7-8-19-16(10-14)12(2)13(3)21-19/h4-10,20-21H,1-3H3. The van der Waals surface area contributed by atoms with Gasteiger partial charge < -0.3 is 9.97 Å². The number of hydrogen-bond acceptors (Lipinski definition) is 0. The molecule has 104 valence electrons. The summed E-state index contributed by atoms with van der Waals surface area (Å²) in [5.41, 5.74) is 8.76.